The van der Waals surface area contributed by atoms with E-state index in [1.54, 1.807) is 13.8 Å². The molecule has 3 saturated carbocycles. The van der Waals surface area contributed by atoms with Gasteiger partial charge >= 0.3 is 0 Å². The van der Waals surface area contributed by atoms with Crippen molar-refractivity contribution < 1.29 is 34.4 Å². The molecule has 0 spiro atoms. The lowest BCUT2D eigenvalue weighted by Gasteiger charge is -2.62. The molecule has 4 aliphatic rings. The zero-order valence-electron chi connectivity index (χ0n) is 16.1. The van der Waals surface area contributed by atoms with Crippen molar-refractivity contribution in [2.45, 2.75) is 63.0 Å². The highest BCUT2D eigenvalue weighted by Gasteiger charge is 2.76. The number of carbonyl (C=O) groups is 2. The summed E-state index contributed by atoms with van der Waals surface area (Å²) in [6, 6.07) is 0. The van der Waals surface area contributed by atoms with E-state index in [0.29, 0.717) is 18.4 Å². The predicted molar refractivity (Wildman–Crippen MR) is 96.8 cm³/mol. The Morgan fingerprint density at radius 2 is 1.93 bits per heavy atom. The van der Waals surface area contributed by atoms with Crippen LogP contribution in [0.2, 0.25) is 0 Å². The van der Waals surface area contributed by atoms with Crippen LogP contribution >= 0.6 is 0 Å². The van der Waals surface area contributed by atoms with Gasteiger partial charge in [-0.1, -0.05) is 18.6 Å². The Kier molecular flexibility index (Phi) is 4.13. The first kappa shape index (κ1) is 19.9. The topological polar surface area (TPSA) is 115 Å². The first-order chi connectivity index (χ1) is 13.0. The average molecular weight is 394 g/mol. The largest absolute Gasteiger partial charge is 0.390 e. The highest BCUT2D eigenvalue weighted by atomic mass is 19.1. The monoisotopic (exact) mass is 394 g/mol. The van der Waals surface area contributed by atoms with Crippen LogP contribution in [0.5, 0.6) is 0 Å². The van der Waals surface area contributed by atoms with Crippen molar-refractivity contribution in [3.8, 4) is 0 Å². The molecule has 154 valence electrons. The number of hydrogen-bond donors (Lipinski definition) is 4. The number of hydrogen-bond acceptors (Lipinski definition) is 6. The molecule has 0 aromatic heterocycles. The Bertz CT molecular complexity index is 807. The fourth-order valence-corrected chi connectivity index (χ4v) is 6.85. The Balaban J connectivity index is 1.84. The summed E-state index contributed by atoms with van der Waals surface area (Å²) in [5.74, 6) is -2.38. The lowest BCUT2D eigenvalue weighted by Crippen LogP contribution is -2.69. The molecule has 0 radical (unpaired) electrons. The molecule has 6 nitrogen and oxygen atoms in total. The van der Waals surface area contributed by atoms with Crippen LogP contribution in [0.15, 0.2) is 23.8 Å². The van der Waals surface area contributed by atoms with Crippen molar-refractivity contribution in [2.75, 3.05) is 6.61 Å². The summed E-state index contributed by atoms with van der Waals surface area (Å²) in [4.78, 5) is 24.2. The van der Waals surface area contributed by atoms with Crippen LogP contribution in [0.25, 0.3) is 0 Å². The van der Waals surface area contributed by atoms with Gasteiger partial charge in [0.05, 0.1) is 12.2 Å². The molecule has 7 heteroatoms. The summed E-state index contributed by atoms with van der Waals surface area (Å²) in [6.45, 7) is 2.33. The Morgan fingerprint density at radius 3 is 2.57 bits per heavy atom. The van der Waals surface area contributed by atoms with E-state index >= 15 is 4.39 Å². The van der Waals surface area contributed by atoms with Crippen LogP contribution in [0, 0.1) is 22.7 Å². The van der Waals surface area contributed by atoms with Crippen molar-refractivity contribution in [3.63, 3.8) is 0 Å². The summed E-state index contributed by atoms with van der Waals surface area (Å²) in [5, 5.41) is 42.1. The molecule has 0 saturated heterocycles. The van der Waals surface area contributed by atoms with Gasteiger partial charge in [-0.2, -0.15) is 0 Å². The molecule has 0 aromatic rings. The highest BCUT2D eigenvalue weighted by Crippen LogP contribution is 2.69. The molecule has 4 aliphatic carbocycles. The molecule has 0 aromatic carbocycles. The van der Waals surface area contributed by atoms with Gasteiger partial charge < -0.3 is 20.4 Å². The first-order valence-corrected chi connectivity index (χ1v) is 9.82. The smallest absolute Gasteiger partial charge is 0.192 e. The Hall–Kier alpha value is -1.41. The van der Waals surface area contributed by atoms with Crippen molar-refractivity contribution >= 4 is 11.6 Å². The van der Waals surface area contributed by atoms with Crippen LogP contribution in [0.4, 0.5) is 4.39 Å². The third-order valence-electron chi connectivity index (χ3n) is 8.43. The van der Waals surface area contributed by atoms with Gasteiger partial charge in [0.15, 0.2) is 22.8 Å². The number of halogens is 1. The van der Waals surface area contributed by atoms with Gasteiger partial charge in [-0.25, -0.2) is 4.39 Å². The zero-order valence-corrected chi connectivity index (χ0v) is 16.1. The molecular formula is C21H27FO6. The lowest BCUT2D eigenvalue weighted by atomic mass is 9.44. The fraction of sp³-hybridized carbons (Fsp3) is 0.714. The van der Waals surface area contributed by atoms with E-state index in [2.05, 4.69) is 0 Å². The first-order valence-electron chi connectivity index (χ1n) is 9.82. The molecule has 4 unspecified atom stereocenters. The second-order valence-corrected chi connectivity index (χ2v) is 9.36. The minimum Gasteiger partial charge on any atom is -0.390 e. The number of aliphatic hydroxyl groups is 4. The van der Waals surface area contributed by atoms with Gasteiger partial charge in [-0.3, -0.25) is 9.59 Å². The number of ketones is 2. The van der Waals surface area contributed by atoms with Gasteiger partial charge in [-0.05, 0) is 50.7 Å². The number of rotatable bonds is 2. The third kappa shape index (κ3) is 2.01. The van der Waals surface area contributed by atoms with E-state index in [1.807, 2.05) is 0 Å². The molecule has 0 aliphatic heterocycles. The molecule has 0 amide bonds. The number of carbonyl (C=O) groups excluding carboxylic acids is 2. The molecule has 4 rings (SSSR count). The number of Topliss-reactive ketones (excluding diaryl/α,β-unsaturated/α-hetero) is 1. The molecule has 28 heavy (non-hydrogen) atoms. The van der Waals surface area contributed by atoms with Gasteiger partial charge in [0.2, 0.25) is 0 Å². The van der Waals surface area contributed by atoms with Gasteiger partial charge in [-0.15, -0.1) is 0 Å². The van der Waals surface area contributed by atoms with Crippen molar-refractivity contribution in [2.24, 2.45) is 22.7 Å². The van der Waals surface area contributed by atoms with E-state index in [9.17, 15) is 30.0 Å². The van der Waals surface area contributed by atoms with Gasteiger partial charge in [0.1, 0.15) is 6.61 Å². The van der Waals surface area contributed by atoms with Gasteiger partial charge in [0.25, 0.3) is 0 Å². The van der Waals surface area contributed by atoms with Crippen LogP contribution < -0.4 is 0 Å². The number of aliphatic hydroxyl groups excluding tert-OH is 3. The van der Waals surface area contributed by atoms with Crippen LogP contribution in [-0.2, 0) is 9.59 Å². The standard InChI is InChI=1S/C21H27FO6/c1-18-6-5-12(24)7-11(18)3-4-13-14-8-15(25)21(28,17(27)10-23)19(14,2)9-16(26)20(13,18)22/h5-7,13-16,23,25-26,28H,3-4,8-10H2,1-2H3/t13?,14?,15?,16-,18-,19-,20?,21-/m0/s1. The number of fused-ring (bicyclic) bond motifs is 5. The van der Waals surface area contributed by atoms with E-state index < -0.39 is 58.5 Å². The van der Waals surface area contributed by atoms with Crippen molar-refractivity contribution in [1.29, 1.82) is 0 Å². The number of alkyl halides is 1. The summed E-state index contributed by atoms with van der Waals surface area (Å²) < 4.78 is 16.8. The fourth-order valence-electron chi connectivity index (χ4n) is 6.85. The van der Waals surface area contributed by atoms with Crippen LogP contribution in [0.3, 0.4) is 0 Å². The van der Waals surface area contributed by atoms with E-state index in [-0.39, 0.29) is 18.6 Å². The van der Waals surface area contributed by atoms with Crippen molar-refractivity contribution in [3.05, 3.63) is 23.8 Å². The maximum Gasteiger partial charge on any atom is 0.192 e. The summed E-state index contributed by atoms with van der Waals surface area (Å²) in [7, 11) is 0. The number of allylic oxidation sites excluding steroid dienone is 4. The summed E-state index contributed by atoms with van der Waals surface area (Å²) in [6.07, 6.45) is 1.93. The third-order valence-corrected chi connectivity index (χ3v) is 8.43. The summed E-state index contributed by atoms with van der Waals surface area (Å²) in [5.41, 5.74) is -6.12. The molecule has 0 bridgehead atoms. The van der Waals surface area contributed by atoms with Crippen molar-refractivity contribution in [1.82, 2.24) is 0 Å². The zero-order chi connectivity index (χ0) is 20.7. The lowest BCUT2D eigenvalue weighted by molar-refractivity contribution is -0.222. The maximum atomic E-state index is 16.8. The molecular weight excluding hydrogens is 367 g/mol. The van der Waals surface area contributed by atoms with E-state index in [0.717, 1.165) is 0 Å². The van der Waals surface area contributed by atoms with Crippen LogP contribution in [-0.4, -0.2) is 62.1 Å². The minimum atomic E-state index is -2.23. The van der Waals surface area contributed by atoms with Gasteiger partial charge in [0, 0.05) is 16.7 Å². The molecule has 3 fully saturated rings. The Morgan fingerprint density at radius 1 is 1.25 bits per heavy atom. The second-order valence-electron chi connectivity index (χ2n) is 9.36. The SMILES string of the molecule is C[C@]12C=CC(=O)C=C1CCC1C3CC(O)[C@](O)(C(=O)CO)[C@@]3(C)C[C@H](O)C12F. The normalized spacial score (nSPS) is 52.5. The highest BCUT2D eigenvalue weighted by molar-refractivity contribution is 6.01. The maximum absolute atomic E-state index is 16.8. The molecule has 4 N–H and O–H groups in total. The minimum absolute atomic E-state index is 0.0135. The van der Waals surface area contributed by atoms with E-state index in [1.165, 1.54) is 18.2 Å². The molecule has 8 atom stereocenters. The Labute approximate surface area is 162 Å². The second kappa shape index (κ2) is 5.81. The average Bonchev–Trinajstić information content (AvgIpc) is 2.84. The quantitative estimate of drug-likeness (QED) is 0.546. The summed E-state index contributed by atoms with van der Waals surface area (Å²) >= 11 is 0. The van der Waals surface area contributed by atoms with E-state index in [4.69, 9.17) is 0 Å². The van der Waals surface area contributed by atoms with Crippen LogP contribution in [0.1, 0.15) is 39.5 Å². The predicted octanol–water partition coefficient (Wildman–Crippen LogP) is 0.620. The molecule has 0 heterocycles.